The third-order valence-corrected chi connectivity index (χ3v) is 4.08. The van der Waals surface area contributed by atoms with E-state index in [4.69, 9.17) is 4.52 Å². The van der Waals surface area contributed by atoms with Crippen molar-refractivity contribution in [1.82, 2.24) is 20.4 Å². The monoisotopic (exact) mass is 280 g/mol. The van der Waals surface area contributed by atoms with Crippen LogP contribution in [0.4, 0.5) is 0 Å². The molecular formula is C13H20N4O3. The van der Waals surface area contributed by atoms with Crippen LogP contribution in [-0.4, -0.2) is 52.3 Å². The molecule has 0 aromatic carbocycles. The van der Waals surface area contributed by atoms with Crippen LogP contribution in [0.15, 0.2) is 4.52 Å². The van der Waals surface area contributed by atoms with E-state index in [2.05, 4.69) is 15.5 Å². The molecule has 2 fully saturated rings. The zero-order chi connectivity index (χ0) is 14.1. The number of carbonyl (C=O) groups is 1. The lowest BCUT2D eigenvalue weighted by atomic mass is 9.82. The third kappa shape index (κ3) is 2.69. The molecular weight excluding hydrogens is 260 g/mol. The lowest BCUT2D eigenvalue weighted by Crippen LogP contribution is -2.39. The van der Waals surface area contributed by atoms with Gasteiger partial charge in [-0.25, -0.2) is 0 Å². The lowest BCUT2D eigenvalue weighted by Gasteiger charge is -2.34. The molecule has 3 rings (SSSR count). The lowest BCUT2D eigenvalue weighted by molar-refractivity contribution is 0.0261. The van der Waals surface area contributed by atoms with Gasteiger partial charge in [0.15, 0.2) is 0 Å². The van der Waals surface area contributed by atoms with E-state index in [9.17, 15) is 9.90 Å². The van der Waals surface area contributed by atoms with E-state index in [0.29, 0.717) is 18.4 Å². The summed E-state index contributed by atoms with van der Waals surface area (Å²) in [6, 6.07) is 0.0798. The van der Waals surface area contributed by atoms with Gasteiger partial charge in [-0.1, -0.05) is 5.16 Å². The Hall–Kier alpha value is -1.47. The van der Waals surface area contributed by atoms with E-state index in [1.807, 2.05) is 0 Å². The number of aromatic nitrogens is 2. The summed E-state index contributed by atoms with van der Waals surface area (Å²) in [5, 5.41) is 16.3. The maximum absolute atomic E-state index is 12.2. The predicted molar refractivity (Wildman–Crippen MR) is 70.0 cm³/mol. The molecule has 20 heavy (non-hydrogen) atoms. The fourth-order valence-corrected chi connectivity index (χ4v) is 2.85. The largest absolute Gasteiger partial charge is 0.393 e. The van der Waals surface area contributed by atoms with Gasteiger partial charge in [0.1, 0.15) is 0 Å². The minimum atomic E-state index is -0.223. The standard InChI is InChI=1S/C13H20N4O3/c1-17(7-8-5-9(18)6-8)13(19)11-15-12(20-16-11)10-3-2-4-14-10/h8-10,14,18H,2-7H2,1H3. The molecule has 110 valence electrons. The molecule has 2 N–H and O–H groups in total. The molecule has 0 spiro atoms. The number of nitrogens with one attached hydrogen (secondary N) is 1. The van der Waals surface area contributed by atoms with Gasteiger partial charge < -0.3 is 19.8 Å². The van der Waals surface area contributed by atoms with Gasteiger partial charge in [0, 0.05) is 13.6 Å². The van der Waals surface area contributed by atoms with Crippen molar-refractivity contribution in [3.05, 3.63) is 11.7 Å². The van der Waals surface area contributed by atoms with Crippen LogP contribution in [0.1, 0.15) is 48.2 Å². The van der Waals surface area contributed by atoms with Crippen molar-refractivity contribution in [2.75, 3.05) is 20.1 Å². The molecule has 1 saturated carbocycles. The third-order valence-electron chi connectivity index (χ3n) is 4.08. The van der Waals surface area contributed by atoms with E-state index in [-0.39, 0.29) is 23.9 Å². The Kier molecular flexibility index (Phi) is 3.71. The first kappa shape index (κ1) is 13.5. The van der Waals surface area contributed by atoms with Gasteiger partial charge in [-0.3, -0.25) is 4.79 Å². The van der Waals surface area contributed by atoms with Gasteiger partial charge in [0.05, 0.1) is 12.1 Å². The van der Waals surface area contributed by atoms with Crippen molar-refractivity contribution in [3.8, 4) is 0 Å². The topological polar surface area (TPSA) is 91.5 Å². The molecule has 1 aromatic rings. The quantitative estimate of drug-likeness (QED) is 0.826. The molecule has 0 bridgehead atoms. The van der Waals surface area contributed by atoms with Crippen LogP contribution in [0, 0.1) is 5.92 Å². The van der Waals surface area contributed by atoms with Crippen LogP contribution in [-0.2, 0) is 0 Å². The van der Waals surface area contributed by atoms with Crippen molar-refractivity contribution in [2.24, 2.45) is 5.92 Å². The maximum Gasteiger partial charge on any atom is 0.295 e. The highest BCUT2D eigenvalue weighted by atomic mass is 16.5. The molecule has 1 saturated heterocycles. The fraction of sp³-hybridized carbons (Fsp3) is 0.769. The van der Waals surface area contributed by atoms with Crippen molar-refractivity contribution in [1.29, 1.82) is 0 Å². The van der Waals surface area contributed by atoms with Crippen LogP contribution >= 0.6 is 0 Å². The summed E-state index contributed by atoms with van der Waals surface area (Å²) in [6.45, 7) is 1.57. The highest BCUT2D eigenvalue weighted by Gasteiger charge is 2.31. The number of nitrogens with zero attached hydrogens (tertiary/aromatic N) is 3. The normalized spacial score (nSPS) is 29.2. The molecule has 1 aliphatic carbocycles. The highest BCUT2D eigenvalue weighted by molar-refractivity contribution is 5.90. The van der Waals surface area contributed by atoms with Crippen LogP contribution in [0.3, 0.4) is 0 Å². The van der Waals surface area contributed by atoms with Gasteiger partial charge in [0.2, 0.25) is 5.89 Å². The number of aliphatic hydroxyl groups excluding tert-OH is 1. The summed E-state index contributed by atoms with van der Waals surface area (Å²) < 4.78 is 5.17. The number of hydrogen-bond acceptors (Lipinski definition) is 6. The van der Waals surface area contributed by atoms with Crippen molar-refractivity contribution >= 4 is 5.91 Å². The Labute approximate surface area is 117 Å². The molecule has 1 atom stereocenters. The minimum Gasteiger partial charge on any atom is -0.393 e. The van der Waals surface area contributed by atoms with E-state index in [0.717, 1.165) is 32.2 Å². The Bertz CT molecular complexity index is 478. The Morgan fingerprint density at radius 3 is 3.00 bits per heavy atom. The summed E-state index contributed by atoms with van der Waals surface area (Å²) in [5.41, 5.74) is 0. The average molecular weight is 280 g/mol. The maximum atomic E-state index is 12.2. The Balaban J connectivity index is 1.58. The van der Waals surface area contributed by atoms with Crippen molar-refractivity contribution in [3.63, 3.8) is 0 Å². The van der Waals surface area contributed by atoms with Gasteiger partial charge >= 0.3 is 0 Å². The summed E-state index contributed by atoms with van der Waals surface area (Å²) in [5.74, 6) is 0.774. The zero-order valence-corrected chi connectivity index (χ0v) is 11.6. The first-order valence-electron chi connectivity index (χ1n) is 7.14. The zero-order valence-electron chi connectivity index (χ0n) is 11.6. The molecule has 1 unspecified atom stereocenters. The Morgan fingerprint density at radius 1 is 1.55 bits per heavy atom. The number of amides is 1. The van der Waals surface area contributed by atoms with Gasteiger partial charge in [-0.05, 0) is 38.1 Å². The smallest absolute Gasteiger partial charge is 0.295 e. The van der Waals surface area contributed by atoms with Gasteiger partial charge in [0.25, 0.3) is 11.7 Å². The van der Waals surface area contributed by atoms with Crippen molar-refractivity contribution in [2.45, 2.75) is 37.8 Å². The first-order chi connectivity index (χ1) is 9.63. The number of rotatable bonds is 4. The number of aliphatic hydroxyl groups is 1. The van der Waals surface area contributed by atoms with Crippen LogP contribution in [0.2, 0.25) is 0 Å². The van der Waals surface area contributed by atoms with Crippen molar-refractivity contribution < 1.29 is 14.4 Å². The SMILES string of the molecule is CN(CC1CC(O)C1)C(=O)c1noc(C2CCCN2)n1. The van der Waals surface area contributed by atoms with E-state index >= 15 is 0 Å². The average Bonchev–Trinajstić information content (AvgIpc) is 3.06. The summed E-state index contributed by atoms with van der Waals surface area (Å²) in [7, 11) is 1.73. The second-order valence-electron chi connectivity index (χ2n) is 5.78. The second kappa shape index (κ2) is 5.49. The van der Waals surface area contributed by atoms with Crippen LogP contribution < -0.4 is 5.32 Å². The van der Waals surface area contributed by atoms with Gasteiger partial charge in [-0.15, -0.1) is 0 Å². The first-order valence-corrected chi connectivity index (χ1v) is 7.14. The van der Waals surface area contributed by atoms with E-state index in [1.165, 1.54) is 0 Å². The van der Waals surface area contributed by atoms with Gasteiger partial charge in [-0.2, -0.15) is 4.98 Å². The van der Waals surface area contributed by atoms with Crippen LogP contribution in [0.5, 0.6) is 0 Å². The fourth-order valence-electron chi connectivity index (χ4n) is 2.85. The molecule has 1 aliphatic heterocycles. The molecule has 0 radical (unpaired) electrons. The van der Waals surface area contributed by atoms with E-state index < -0.39 is 0 Å². The molecule has 2 heterocycles. The molecule has 1 aromatic heterocycles. The predicted octanol–water partition coefficient (Wildman–Crippen LogP) is 0.337. The summed E-state index contributed by atoms with van der Waals surface area (Å²) in [6.07, 6.45) is 3.38. The van der Waals surface area contributed by atoms with Crippen LogP contribution in [0.25, 0.3) is 0 Å². The molecule has 2 aliphatic rings. The summed E-state index contributed by atoms with van der Waals surface area (Å²) in [4.78, 5) is 18.0. The Morgan fingerprint density at radius 2 is 2.35 bits per heavy atom. The number of carbonyl (C=O) groups excluding carboxylic acids is 1. The number of hydrogen-bond donors (Lipinski definition) is 2. The van der Waals surface area contributed by atoms with E-state index in [1.54, 1.807) is 11.9 Å². The molecule has 7 nitrogen and oxygen atoms in total. The minimum absolute atomic E-state index is 0.0798. The molecule has 1 amide bonds. The second-order valence-corrected chi connectivity index (χ2v) is 5.78. The highest BCUT2D eigenvalue weighted by Crippen LogP contribution is 2.28. The summed E-state index contributed by atoms with van der Waals surface area (Å²) >= 11 is 0. The molecule has 7 heteroatoms.